The molecule has 148 valence electrons. The van der Waals surface area contributed by atoms with Gasteiger partial charge in [-0.1, -0.05) is 26.0 Å². The summed E-state index contributed by atoms with van der Waals surface area (Å²) in [6, 6.07) is 6.96. The molecule has 0 saturated carbocycles. The van der Waals surface area contributed by atoms with E-state index in [1.807, 2.05) is 17.8 Å². The summed E-state index contributed by atoms with van der Waals surface area (Å²) in [6.07, 6.45) is 0. The van der Waals surface area contributed by atoms with Gasteiger partial charge in [-0.05, 0) is 30.7 Å². The van der Waals surface area contributed by atoms with Crippen LogP contribution in [0.4, 0.5) is 0 Å². The van der Waals surface area contributed by atoms with Crippen LogP contribution in [0.1, 0.15) is 19.4 Å². The highest BCUT2D eigenvalue weighted by atomic mass is 127. The topological polar surface area (TPSA) is 73.8 Å². The lowest BCUT2D eigenvalue weighted by Gasteiger charge is -2.36. The average molecular weight is 512 g/mol. The lowest BCUT2D eigenvalue weighted by molar-refractivity contribution is 0.380. The third-order valence-corrected chi connectivity index (χ3v) is 7.23. The molecule has 1 unspecified atom stereocenters. The molecule has 1 heterocycles. The lowest BCUT2D eigenvalue weighted by Crippen LogP contribution is -2.48. The first kappa shape index (κ1) is 23.5. The number of halogens is 1. The number of sulfonamides is 1. The molecule has 0 aromatic heterocycles. The van der Waals surface area contributed by atoms with E-state index >= 15 is 0 Å². The van der Waals surface area contributed by atoms with Crippen molar-refractivity contribution in [2.45, 2.75) is 30.5 Å². The average Bonchev–Trinajstić information content (AvgIpc) is 2.62. The number of guanidine groups is 1. The van der Waals surface area contributed by atoms with E-state index in [9.17, 15) is 8.42 Å². The second-order valence-electron chi connectivity index (χ2n) is 6.36. The summed E-state index contributed by atoms with van der Waals surface area (Å²) in [7, 11) is -0.217. The molecule has 0 bridgehead atoms. The van der Waals surface area contributed by atoms with Crippen molar-refractivity contribution in [3.8, 4) is 0 Å². The molecule has 6 nitrogen and oxygen atoms in total. The van der Waals surface area contributed by atoms with Gasteiger partial charge in [0.1, 0.15) is 0 Å². The van der Waals surface area contributed by atoms with E-state index in [2.05, 4.69) is 33.8 Å². The van der Waals surface area contributed by atoms with Gasteiger partial charge in [-0.3, -0.25) is 4.99 Å². The SMILES string of the molecule is CN=C(NCc1cccc(S(=O)(=O)NC)c1)N1CCSC(C(C)C)C1.I. The second kappa shape index (κ2) is 10.7. The van der Waals surface area contributed by atoms with Crippen molar-refractivity contribution in [2.75, 3.05) is 32.9 Å². The Morgan fingerprint density at radius 2 is 2.15 bits per heavy atom. The van der Waals surface area contributed by atoms with E-state index in [-0.39, 0.29) is 28.9 Å². The van der Waals surface area contributed by atoms with Crippen molar-refractivity contribution >= 4 is 51.7 Å². The zero-order chi connectivity index (χ0) is 18.4. The zero-order valence-corrected chi connectivity index (χ0v) is 19.7. The first-order chi connectivity index (χ1) is 11.9. The normalized spacial score (nSPS) is 18.6. The van der Waals surface area contributed by atoms with Gasteiger partial charge in [0, 0.05) is 37.7 Å². The molecule has 1 aliphatic heterocycles. The quantitative estimate of drug-likeness (QED) is 0.360. The van der Waals surface area contributed by atoms with Crippen LogP contribution >= 0.6 is 35.7 Å². The minimum Gasteiger partial charge on any atom is -0.352 e. The van der Waals surface area contributed by atoms with Crippen LogP contribution < -0.4 is 10.0 Å². The van der Waals surface area contributed by atoms with Gasteiger partial charge in [0.25, 0.3) is 0 Å². The summed E-state index contributed by atoms with van der Waals surface area (Å²) in [5.41, 5.74) is 0.907. The first-order valence-electron chi connectivity index (χ1n) is 8.47. The van der Waals surface area contributed by atoms with E-state index in [1.54, 1.807) is 25.2 Å². The van der Waals surface area contributed by atoms with Crippen molar-refractivity contribution in [3.05, 3.63) is 29.8 Å². The highest BCUT2D eigenvalue weighted by Gasteiger charge is 2.24. The Kier molecular flexibility index (Phi) is 9.70. The van der Waals surface area contributed by atoms with Crippen molar-refractivity contribution in [3.63, 3.8) is 0 Å². The molecule has 1 aromatic carbocycles. The maximum Gasteiger partial charge on any atom is 0.240 e. The molecule has 0 radical (unpaired) electrons. The van der Waals surface area contributed by atoms with Gasteiger partial charge in [-0.25, -0.2) is 13.1 Å². The molecule has 1 fully saturated rings. The summed E-state index contributed by atoms with van der Waals surface area (Å²) in [5.74, 6) is 2.60. The molecule has 1 aliphatic rings. The minimum atomic E-state index is -3.42. The third-order valence-electron chi connectivity index (χ3n) is 4.28. The minimum absolute atomic E-state index is 0. The summed E-state index contributed by atoms with van der Waals surface area (Å²) in [6.45, 7) is 7.00. The Bertz CT molecular complexity index is 710. The number of nitrogens with zero attached hydrogens (tertiary/aromatic N) is 2. The van der Waals surface area contributed by atoms with Gasteiger partial charge < -0.3 is 10.2 Å². The zero-order valence-electron chi connectivity index (χ0n) is 15.7. The van der Waals surface area contributed by atoms with Crippen LogP contribution in [0.5, 0.6) is 0 Å². The predicted octanol–water partition coefficient (Wildman–Crippen LogP) is 2.36. The van der Waals surface area contributed by atoms with Crippen LogP contribution in [0.2, 0.25) is 0 Å². The van der Waals surface area contributed by atoms with Gasteiger partial charge >= 0.3 is 0 Å². The number of rotatable bonds is 5. The largest absolute Gasteiger partial charge is 0.352 e. The van der Waals surface area contributed by atoms with Crippen molar-refractivity contribution in [2.24, 2.45) is 10.9 Å². The molecule has 1 aromatic rings. The molecule has 0 aliphatic carbocycles. The highest BCUT2D eigenvalue weighted by Crippen LogP contribution is 2.24. The molecule has 1 atom stereocenters. The van der Waals surface area contributed by atoms with Crippen LogP contribution in [0, 0.1) is 5.92 Å². The standard InChI is InChI=1S/C17H28N4O2S2.HI/c1-13(2)16-12-21(8-9-24-16)17(18-3)20-11-14-6-5-7-15(10-14)25(22,23)19-4;/h5-7,10,13,16,19H,8-9,11-12H2,1-4H3,(H,18,20);1H. The Morgan fingerprint density at radius 1 is 1.42 bits per heavy atom. The maximum absolute atomic E-state index is 11.9. The number of aliphatic imine (C=N–C) groups is 1. The summed E-state index contributed by atoms with van der Waals surface area (Å²) < 4.78 is 26.2. The number of hydrogen-bond donors (Lipinski definition) is 2. The molecule has 1 saturated heterocycles. The molecule has 0 spiro atoms. The van der Waals surface area contributed by atoms with E-state index in [0.29, 0.717) is 17.7 Å². The highest BCUT2D eigenvalue weighted by molar-refractivity contribution is 14.0. The van der Waals surface area contributed by atoms with E-state index in [1.165, 1.54) is 7.05 Å². The summed E-state index contributed by atoms with van der Waals surface area (Å²) >= 11 is 2.03. The fourth-order valence-corrected chi connectivity index (χ4v) is 4.82. The van der Waals surface area contributed by atoms with Crippen molar-refractivity contribution in [1.29, 1.82) is 0 Å². The van der Waals surface area contributed by atoms with Gasteiger partial charge in [0.2, 0.25) is 10.0 Å². The van der Waals surface area contributed by atoms with E-state index in [4.69, 9.17) is 0 Å². The van der Waals surface area contributed by atoms with Gasteiger partial charge in [-0.2, -0.15) is 11.8 Å². The number of thioether (sulfide) groups is 1. The molecule has 26 heavy (non-hydrogen) atoms. The predicted molar refractivity (Wildman–Crippen MR) is 121 cm³/mol. The van der Waals surface area contributed by atoms with E-state index in [0.717, 1.165) is 30.4 Å². The van der Waals surface area contributed by atoms with Crippen molar-refractivity contribution in [1.82, 2.24) is 14.9 Å². The van der Waals surface area contributed by atoms with Crippen LogP contribution in [0.3, 0.4) is 0 Å². The smallest absolute Gasteiger partial charge is 0.240 e. The monoisotopic (exact) mass is 512 g/mol. The van der Waals surface area contributed by atoms with Crippen LogP contribution in [-0.4, -0.2) is 57.5 Å². The number of benzene rings is 1. The Labute approximate surface area is 178 Å². The Morgan fingerprint density at radius 3 is 2.77 bits per heavy atom. The van der Waals surface area contributed by atoms with Gasteiger partial charge in [-0.15, -0.1) is 24.0 Å². The van der Waals surface area contributed by atoms with Crippen LogP contribution in [-0.2, 0) is 16.6 Å². The van der Waals surface area contributed by atoms with Gasteiger partial charge in [0.05, 0.1) is 4.90 Å². The molecule has 2 N–H and O–H groups in total. The Balaban J connectivity index is 0.00000338. The lowest BCUT2D eigenvalue weighted by atomic mass is 10.1. The summed E-state index contributed by atoms with van der Waals surface area (Å²) in [5, 5.41) is 3.97. The van der Waals surface area contributed by atoms with Crippen LogP contribution in [0.25, 0.3) is 0 Å². The first-order valence-corrected chi connectivity index (χ1v) is 11.0. The molecule has 0 amide bonds. The maximum atomic E-state index is 11.9. The summed E-state index contributed by atoms with van der Waals surface area (Å²) in [4.78, 5) is 6.96. The molecule has 9 heteroatoms. The second-order valence-corrected chi connectivity index (χ2v) is 9.59. The fourth-order valence-electron chi connectivity index (χ4n) is 2.72. The number of nitrogens with one attached hydrogen (secondary N) is 2. The molecular weight excluding hydrogens is 483 g/mol. The van der Waals surface area contributed by atoms with Crippen molar-refractivity contribution < 1.29 is 8.42 Å². The van der Waals surface area contributed by atoms with E-state index < -0.39 is 10.0 Å². The molecular formula is C17H29IN4O2S2. The molecule has 2 rings (SSSR count). The van der Waals surface area contributed by atoms with Crippen LogP contribution in [0.15, 0.2) is 34.2 Å². The number of hydrogen-bond acceptors (Lipinski definition) is 4. The third kappa shape index (κ3) is 6.28. The van der Waals surface area contributed by atoms with Gasteiger partial charge in [0.15, 0.2) is 5.96 Å². The fraction of sp³-hybridized carbons (Fsp3) is 0.588. The Hall–Kier alpha value is -0.520.